The molecule has 0 aliphatic rings. The smallest absolute Gasteiger partial charge is 0.153 e. The van der Waals surface area contributed by atoms with Gasteiger partial charge >= 0.3 is 0 Å². The van der Waals surface area contributed by atoms with Gasteiger partial charge in [0.1, 0.15) is 0 Å². The van der Waals surface area contributed by atoms with Gasteiger partial charge in [-0.3, -0.25) is 0 Å². The summed E-state index contributed by atoms with van der Waals surface area (Å²) in [5.74, 6) is 0. The summed E-state index contributed by atoms with van der Waals surface area (Å²) in [7, 11) is -3.07. The quantitative estimate of drug-likeness (QED) is 0.907. The largest absolute Gasteiger partial charge is 0.309 e. The summed E-state index contributed by atoms with van der Waals surface area (Å²) in [6.45, 7) is 5.87. The second-order valence-corrected chi connectivity index (χ2v) is 8.27. The van der Waals surface area contributed by atoms with Gasteiger partial charge in [-0.25, -0.2) is 8.42 Å². The van der Waals surface area contributed by atoms with E-state index in [-0.39, 0.29) is 6.04 Å². The molecule has 0 spiro atoms. The normalized spacial score (nSPS) is 14.5. The molecule has 0 saturated carbocycles. The Bertz CT molecular complexity index is 494. The zero-order chi connectivity index (χ0) is 14.0. The topological polar surface area (TPSA) is 46.2 Å². The van der Waals surface area contributed by atoms with Gasteiger partial charge in [-0.2, -0.15) is 0 Å². The van der Waals surface area contributed by atoms with Crippen molar-refractivity contribution in [2.75, 3.05) is 12.8 Å². The SMILES string of the molecule is CC(NCC(C)(C)S(C)(=O)=O)c1ccc(Cl)cc1. The van der Waals surface area contributed by atoms with Gasteiger partial charge in [-0.05, 0) is 38.5 Å². The maximum Gasteiger partial charge on any atom is 0.153 e. The molecule has 0 radical (unpaired) electrons. The maximum absolute atomic E-state index is 11.6. The molecule has 0 aliphatic carbocycles. The molecule has 1 atom stereocenters. The number of benzene rings is 1. The van der Waals surface area contributed by atoms with Gasteiger partial charge in [0.05, 0.1) is 4.75 Å². The highest BCUT2D eigenvalue weighted by atomic mass is 35.5. The van der Waals surface area contributed by atoms with E-state index in [2.05, 4.69) is 5.32 Å². The van der Waals surface area contributed by atoms with Crippen LogP contribution in [0.15, 0.2) is 24.3 Å². The summed E-state index contributed by atoms with van der Waals surface area (Å²) in [4.78, 5) is 0. The molecule has 0 fully saturated rings. The Morgan fingerprint density at radius 3 is 2.22 bits per heavy atom. The molecule has 0 aliphatic heterocycles. The van der Waals surface area contributed by atoms with Crippen molar-refractivity contribution >= 4 is 21.4 Å². The van der Waals surface area contributed by atoms with E-state index in [1.54, 1.807) is 13.8 Å². The van der Waals surface area contributed by atoms with Crippen molar-refractivity contribution in [2.24, 2.45) is 0 Å². The van der Waals surface area contributed by atoms with E-state index in [1.807, 2.05) is 31.2 Å². The number of nitrogens with one attached hydrogen (secondary N) is 1. The standard InChI is InChI=1S/C13H20ClNO2S/c1-10(11-5-7-12(14)8-6-11)15-9-13(2,3)18(4,16)17/h5-8,10,15H,9H2,1-4H3. The fourth-order valence-corrected chi connectivity index (χ4v) is 1.87. The molecule has 5 heteroatoms. The second kappa shape index (κ2) is 5.59. The lowest BCUT2D eigenvalue weighted by Gasteiger charge is -2.25. The highest BCUT2D eigenvalue weighted by molar-refractivity contribution is 7.92. The van der Waals surface area contributed by atoms with Crippen LogP contribution >= 0.6 is 11.6 Å². The third-order valence-electron chi connectivity index (χ3n) is 3.21. The van der Waals surface area contributed by atoms with E-state index in [4.69, 9.17) is 11.6 Å². The summed E-state index contributed by atoms with van der Waals surface area (Å²) >= 11 is 5.83. The molecular formula is C13H20ClNO2S. The molecule has 1 N–H and O–H groups in total. The Hall–Kier alpha value is -0.580. The highest BCUT2D eigenvalue weighted by Crippen LogP contribution is 2.19. The third-order valence-corrected chi connectivity index (χ3v) is 5.61. The van der Waals surface area contributed by atoms with E-state index in [0.717, 1.165) is 5.56 Å². The summed E-state index contributed by atoms with van der Waals surface area (Å²) < 4.78 is 22.4. The number of hydrogen-bond acceptors (Lipinski definition) is 3. The van der Waals surface area contributed by atoms with Crippen LogP contribution in [0.3, 0.4) is 0 Å². The average molecular weight is 290 g/mol. The van der Waals surface area contributed by atoms with Crippen LogP contribution in [0.1, 0.15) is 32.4 Å². The van der Waals surface area contributed by atoms with Crippen LogP contribution in [0.25, 0.3) is 0 Å². The predicted octanol–water partition coefficient (Wildman–Crippen LogP) is 2.81. The Morgan fingerprint density at radius 2 is 1.78 bits per heavy atom. The van der Waals surface area contributed by atoms with E-state index in [1.165, 1.54) is 6.26 Å². The minimum atomic E-state index is -3.07. The molecule has 0 bridgehead atoms. The van der Waals surface area contributed by atoms with Gasteiger partial charge in [0, 0.05) is 23.9 Å². The lowest BCUT2D eigenvalue weighted by Crippen LogP contribution is -2.42. The minimum Gasteiger partial charge on any atom is -0.309 e. The van der Waals surface area contributed by atoms with Crippen LogP contribution in [-0.4, -0.2) is 26.0 Å². The number of sulfone groups is 1. The van der Waals surface area contributed by atoms with Gasteiger partial charge in [-0.15, -0.1) is 0 Å². The van der Waals surface area contributed by atoms with Crippen LogP contribution in [0, 0.1) is 0 Å². The van der Waals surface area contributed by atoms with Gasteiger partial charge < -0.3 is 5.32 Å². The van der Waals surface area contributed by atoms with Gasteiger partial charge in [0.2, 0.25) is 0 Å². The first kappa shape index (κ1) is 15.5. The molecule has 0 amide bonds. The van der Waals surface area contributed by atoms with Crippen LogP contribution < -0.4 is 5.32 Å². The Morgan fingerprint density at radius 1 is 1.28 bits per heavy atom. The first-order chi connectivity index (χ1) is 8.13. The Balaban J connectivity index is 2.67. The molecule has 102 valence electrons. The molecule has 18 heavy (non-hydrogen) atoms. The molecule has 0 heterocycles. The highest BCUT2D eigenvalue weighted by Gasteiger charge is 2.30. The zero-order valence-corrected chi connectivity index (χ0v) is 12.8. The first-order valence-electron chi connectivity index (χ1n) is 5.82. The molecular weight excluding hydrogens is 270 g/mol. The van der Waals surface area contributed by atoms with E-state index < -0.39 is 14.6 Å². The van der Waals surface area contributed by atoms with Crippen molar-refractivity contribution < 1.29 is 8.42 Å². The van der Waals surface area contributed by atoms with Crippen molar-refractivity contribution in [3.63, 3.8) is 0 Å². The third kappa shape index (κ3) is 3.97. The number of halogens is 1. The zero-order valence-electron chi connectivity index (χ0n) is 11.2. The van der Waals surface area contributed by atoms with Crippen molar-refractivity contribution in [1.29, 1.82) is 0 Å². The summed E-state index contributed by atoms with van der Waals surface area (Å²) in [6.07, 6.45) is 1.27. The second-order valence-electron chi connectivity index (χ2n) is 5.19. The predicted molar refractivity (Wildman–Crippen MR) is 76.8 cm³/mol. The maximum atomic E-state index is 11.6. The lowest BCUT2D eigenvalue weighted by atomic mass is 10.1. The van der Waals surface area contributed by atoms with Crippen molar-refractivity contribution in [3.05, 3.63) is 34.9 Å². The summed E-state index contributed by atoms with van der Waals surface area (Å²) in [6, 6.07) is 7.62. The van der Waals surface area contributed by atoms with Crippen LogP contribution in [0.2, 0.25) is 5.02 Å². The van der Waals surface area contributed by atoms with E-state index >= 15 is 0 Å². The first-order valence-corrected chi connectivity index (χ1v) is 8.09. The Kier molecular flexibility index (Phi) is 4.81. The summed E-state index contributed by atoms with van der Waals surface area (Å²) in [5, 5.41) is 3.94. The Labute approximate surface area is 114 Å². The molecule has 1 aromatic carbocycles. The number of rotatable bonds is 5. The lowest BCUT2D eigenvalue weighted by molar-refractivity contribution is 0.489. The molecule has 1 aromatic rings. The van der Waals surface area contributed by atoms with E-state index in [0.29, 0.717) is 11.6 Å². The van der Waals surface area contributed by atoms with E-state index in [9.17, 15) is 8.42 Å². The van der Waals surface area contributed by atoms with Gasteiger partial charge in [0.15, 0.2) is 9.84 Å². The average Bonchev–Trinajstić information content (AvgIpc) is 2.25. The minimum absolute atomic E-state index is 0.0864. The van der Waals surface area contributed by atoms with Crippen molar-refractivity contribution in [3.8, 4) is 0 Å². The fourth-order valence-electron chi connectivity index (χ4n) is 1.40. The summed E-state index contributed by atoms with van der Waals surface area (Å²) in [5.41, 5.74) is 1.09. The van der Waals surface area contributed by atoms with Crippen LogP contribution in [-0.2, 0) is 9.84 Å². The molecule has 1 rings (SSSR count). The van der Waals surface area contributed by atoms with Gasteiger partial charge in [0.25, 0.3) is 0 Å². The van der Waals surface area contributed by atoms with Gasteiger partial charge in [-0.1, -0.05) is 23.7 Å². The van der Waals surface area contributed by atoms with Crippen LogP contribution in [0.4, 0.5) is 0 Å². The molecule has 3 nitrogen and oxygen atoms in total. The van der Waals surface area contributed by atoms with Crippen LogP contribution in [0.5, 0.6) is 0 Å². The fraction of sp³-hybridized carbons (Fsp3) is 0.538. The van der Waals surface area contributed by atoms with Crippen molar-refractivity contribution in [2.45, 2.75) is 31.6 Å². The molecule has 0 aromatic heterocycles. The molecule has 0 saturated heterocycles. The number of hydrogen-bond donors (Lipinski definition) is 1. The molecule has 1 unspecified atom stereocenters. The van der Waals surface area contributed by atoms with Crippen molar-refractivity contribution in [1.82, 2.24) is 5.32 Å². The monoisotopic (exact) mass is 289 g/mol.